The number of hydrogen-bond acceptors (Lipinski definition) is 9. The molecule has 2 atom stereocenters. The zero-order valence-electron chi connectivity index (χ0n) is 34.8. The molecular weight excluding hydrogens is 865 g/mol. The minimum Gasteiger partial charge on any atom is -0.480 e. The normalized spacial score (nSPS) is 16.6. The number of aromatic nitrogens is 2. The molecule has 0 unspecified atom stereocenters. The highest BCUT2D eigenvalue weighted by atomic mass is 32.2. The second-order valence-electron chi connectivity index (χ2n) is 15.9. The second-order valence-corrected chi connectivity index (χ2v) is 19.8. The highest BCUT2D eigenvalue weighted by molar-refractivity contribution is 7.92. The van der Waals surface area contributed by atoms with Crippen molar-refractivity contribution in [3.63, 3.8) is 0 Å². The third-order valence-electron chi connectivity index (χ3n) is 11.9. The van der Waals surface area contributed by atoms with Crippen LogP contribution in [0.15, 0.2) is 177 Å². The minimum absolute atomic E-state index is 0.119. The number of benzene rings is 6. The number of hydrogen-bond donors (Lipinski definition) is 1. The average molecular weight is 905 g/mol. The molecule has 10 rings (SSSR count). The summed E-state index contributed by atoms with van der Waals surface area (Å²) in [5, 5.41) is 13.4. The fraction of sp³-hybridized carbons (Fsp3) is 0.137. The first-order valence-corrected chi connectivity index (χ1v) is 23.9. The van der Waals surface area contributed by atoms with E-state index in [1.807, 2.05) is 121 Å². The molecule has 65 heavy (non-hydrogen) atoms. The molecule has 2 aromatic heterocycles. The number of rotatable bonds is 8. The van der Waals surface area contributed by atoms with Crippen LogP contribution in [-0.2, 0) is 46.8 Å². The van der Waals surface area contributed by atoms with E-state index in [1.54, 1.807) is 24.3 Å². The summed E-state index contributed by atoms with van der Waals surface area (Å²) in [5.74, 6) is -3.21. The van der Waals surface area contributed by atoms with Crippen LogP contribution in [-0.4, -0.2) is 61.6 Å². The van der Waals surface area contributed by atoms with E-state index >= 15 is 0 Å². The van der Waals surface area contributed by atoms with Gasteiger partial charge in [0.05, 0.1) is 18.6 Å². The molecule has 14 heteroatoms. The molecule has 326 valence electrons. The second kappa shape index (κ2) is 16.9. The van der Waals surface area contributed by atoms with Crippen molar-refractivity contribution in [2.24, 2.45) is 0 Å². The van der Waals surface area contributed by atoms with Crippen LogP contribution in [0.5, 0.6) is 0 Å². The molecule has 2 aliphatic rings. The van der Waals surface area contributed by atoms with Gasteiger partial charge in [-0.25, -0.2) is 26.4 Å². The summed E-state index contributed by atoms with van der Waals surface area (Å²) in [6, 6.07) is 45.9. The number of carbonyl (C=O) groups is 2. The Bertz CT molecular complexity index is 3560. The highest BCUT2D eigenvalue weighted by Gasteiger charge is 2.44. The van der Waals surface area contributed by atoms with Gasteiger partial charge in [-0.3, -0.25) is 18.7 Å². The number of esters is 1. The van der Waals surface area contributed by atoms with Gasteiger partial charge >= 0.3 is 11.9 Å². The minimum atomic E-state index is -3.98. The molecule has 4 heterocycles. The molecule has 0 spiro atoms. The van der Waals surface area contributed by atoms with Crippen LogP contribution < -0.4 is 11.1 Å². The summed E-state index contributed by atoms with van der Waals surface area (Å²) in [7, 11) is -6.70. The van der Waals surface area contributed by atoms with Gasteiger partial charge in [0.1, 0.15) is 22.1 Å². The van der Waals surface area contributed by atoms with Crippen LogP contribution in [0.2, 0.25) is 0 Å². The molecule has 0 amide bonds. The lowest BCUT2D eigenvalue weighted by molar-refractivity contribution is -0.144. The molecule has 0 bridgehead atoms. The van der Waals surface area contributed by atoms with Crippen LogP contribution in [0.3, 0.4) is 0 Å². The zero-order chi connectivity index (χ0) is 45.6. The first-order chi connectivity index (χ1) is 31.3. The summed E-state index contributed by atoms with van der Waals surface area (Å²) < 4.78 is 59.6. The number of aliphatic carboxylic acids is 1. The molecule has 0 radical (unpaired) electrons. The average Bonchev–Trinajstić information content (AvgIpc) is 3.77. The predicted molar refractivity (Wildman–Crippen MR) is 248 cm³/mol. The fourth-order valence-electron chi connectivity index (χ4n) is 9.12. The standard InChI is InChI=1S/C26H21NO5S.C25H19NO5S/c1-32-26(29)22-16-33(30,31)25-24(18-9-3-2-4-10-18)20(15-23(28)27(22)25)14-19-12-7-11-17-8-5-6-13-21(17)19;27-22-14-19(13-18-11-6-10-16-7-4-5-12-20(16)18)23(17-8-2-1-3-9-17)24-26(22)21(25(28)29)15-32(24,30)31/h2-13,15,22H,14,16H2,1H3;1-12,14,21H,13,15H2,(H,28,29)/t22-;21-/m00/s1. The van der Waals surface area contributed by atoms with E-state index < -0.39 is 66.3 Å². The Hall–Kier alpha value is -7.42. The van der Waals surface area contributed by atoms with Gasteiger partial charge in [-0.1, -0.05) is 146 Å². The SMILES string of the molecule is COC(=O)[C@@H]1CS(=O)(=O)c2c(-c3ccccc3)c(Cc3cccc4ccccc34)cc(=O)n21.O=C(O)[C@@H]1CS(=O)(=O)c2c(-c3ccccc3)c(Cc3cccc4ccccc34)cc(=O)n21. The van der Waals surface area contributed by atoms with Crippen LogP contribution in [0.25, 0.3) is 43.8 Å². The Morgan fingerprint density at radius 3 is 1.35 bits per heavy atom. The maximum atomic E-state index is 13.3. The summed E-state index contributed by atoms with van der Waals surface area (Å²) in [5.41, 5.74) is 4.08. The Morgan fingerprint density at radius 1 is 0.538 bits per heavy atom. The van der Waals surface area contributed by atoms with Gasteiger partial charge in [-0.15, -0.1) is 0 Å². The predicted octanol–water partition coefficient (Wildman–Crippen LogP) is 7.43. The van der Waals surface area contributed by atoms with Gasteiger partial charge < -0.3 is 9.84 Å². The molecule has 0 saturated heterocycles. The molecule has 0 aliphatic carbocycles. The van der Waals surface area contributed by atoms with Crippen molar-refractivity contribution in [1.82, 2.24) is 9.13 Å². The number of pyridine rings is 2. The van der Waals surface area contributed by atoms with E-state index in [4.69, 9.17) is 4.74 Å². The van der Waals surface area contributed by atoms with Gasteiger partial charge in [0, 0.05) is 23.3 Å². The van der Waals surface area contributed by atoms with Gasteiger partial charge in [0.15, 0.2) is 19.7 Å². The number of nitrogens with zero attached hydrogens (tertiary/aromatic N) is 2. The van der Waals surface area contributed by atoms with Crippen molar-refractivity contribution in [2.75, 3.05) is 18.6 Å². The van der Waals surface area contributed by atoms with Gasteiger partial charge in [0.2, 0.25) is 0 Å². The zero-order valence-corrected chi connectivity index (χ0v) is 36.5. The lowest BCUT2D eigenvalue weighted by atomic mass is 9.93. The summed E-state index contributed by atoms with van der Waals surface area (Å²) in [6.07, 6.45) is 0.703. The number of ether oxygens (including phenoxy) is 1. The van der Waals surface area contributed by atoms with Crippen molar-refractivity contribution < 1.29 is 36.3 Å². The Morgan fingerprint density at radius 2 is 0.923 bits per heavy atom. The van der Waals surface area contributed by atoms with Crippen LogP contribution in [0.1, 0.15) is 34.3 Å². The lowest BCUT2D eigenvalue weighted by Crippen LogP contribution is -2.30. The van der Waals surface area contributed by atoms with E-state index in [1.165, 1.54) is 19.2 Å². The molecule has 0 fully saturated rings. The van der Waals surface area contributed by atoms with E-state index in [2.05, 4.69) is 0 Å². The van der Waals surface area contributed by atoms with Gasteiger partial charge in [-0.05, 0) is 67.8 Å². The lowest BCUT2D eigenvalue weighted by Gasteiger charge is -2.17. The summed E-state index contributed by atoms with van der Waals surface area (Å²) in [6.45, 7) is 0. The van der Waals surface area contributed by atoms with E-state index in [9.17, 15) is 41.1 Å². The third kappa shape index (κ3) is 7.84. The maximum absolute atomic E-state index is 13.3. The number of sulfone groups is 2. The molecule has 0 saturated carbocycles. The first kappa shape index (κ1) is 42.9. The molecule has 12 nitrogen and oxygen atoms in total. The van der Waals surface area contributed by atoms with Crippen molar-refractivity contribution in [1.29, 1.82) is 0 Å². The monoisotopic (exact) mass is 904 g/mol. The van der Waals surface area contributed by atoms with Crippen molar-refractivity contribution in [3.05, 3.63) is 201 Å². The van der Waals surface area contributed by atoms with Crippen molar-refractivity contribution in [2.45, 2.75) is 35.0 Å². The number of carboxylic acid groups (broad SMARTS) is 1. The van der Waals surface area contributed by atoms with E-state index in [-0.39, 0.29) is 10.1 Å². The molecule has 1 N–H and O–H groups in total. The van der Waals surface area contributed by atoms with Gasteiger partial charge in [0.25, 0.3) is 11.1 Å². The summed E-state index contributed by atoms with van der Waals surface area (Å²) >= 11 is 0. The fourth-order valence-corrected chi connectivity index (χ4v) is 13.0. The number of carbonyl (C=O) groups excluding carboxylic acids is 1. The quantitative estimate of drug-likeness (QED) is 0.151. The Balaban J connectivity index is 0.000000164. The Labute approximate surface area is 373 Å². The maximum Gasteiger partial charge on any atom is 0.330 e. The smallest absolute Gasteiger partial charge is 0.330 e. The first-order valence-electron chi connectivity index (χ1n) is 20.6. The Kier molecular flexibility index (Phi) is 11.2. The largest absolute Gasteiger partial charge is 0.480 e. The number of methoxy groups -OCH3 is 1. The molecular formula is C51H40N2O10S2. The molecule has 6 aromatic carbocycles. The van der Waals surface area contributed by atoms with Crippen molar-refractivity contribution >= 4 is 53.2 Å². The van der Waals surface area contributed by atoms with E-state index in [0.29, 0.717) is 46.2 Å². The summed E-state index contributed by atoms with van der Waals surface area (Å²) in [4.78, 5) is 50.3. The van der Waals surface area contributed by atoms with Crippen LogP contribution >= 0.6 is 0 Å². The molecule has 8 aromatic rings. The van der Waals surface area contributed by atoms with Crippen molar-refractivity contribution in [3.8, 4) is 22.3 Å². The topological polar surface area (TPSA) is 176 Å². The van der Waals surface area contributed by atoms with Crippen LogP contribution in [0, 0.1) is 0 Å². The third-order valence-corrected chi connectivity index (χ3v) is 15.4. The highest BCUT2D eigenvalue weighted by Crippen LogP contribution is 2.40. The van der Waals surface area contributed by atoms with Gasteiger partial charge in [-0.2, -0.15) is 0 Å². The number of carboxylic acids is 1. The molecule has 2 aliphatic heterocycles. The van der Waals surface area contributed by atoms with E-state index in [0.717, 1.165) is 41.8 Å². The number of fused-ring (bicyclic) bond motifs is 4. The van der Waals surface area contributed by atoms with Crippen LogP contribution in [0.4, 0.5) is 0 Å².